The van der Waals surface area contributed by atoms with Gasteiger partial charge in [0.15, 0.2) is 5.78 Å². The Morgan fingerprint density at radius 3 is 2.56 bits per heavy atom. The van der Waals surface area contributed by atoms with Crippen LogP contribution in [0.25, 0.3) is 0 Å². The summed E-state index contributed by atoms with van der Waals surface area (Å²) in [6, 6.07) is 10.3. The Morgan fingerprint density at radius 1 is 1.17 bits per heavy atom. The molecule has 0 fully saturated rings. The second-order valence-corrected chi connectivity index (χ2v) is 4.96. The summed E-state index contributed by atoms with van der Waals surface area (Å²) in [7, 11) is 0. The van der Waals surface area contributed by atoms with Crippen molar-refractivity contribution in [3.8, 4) is 0 Å². The third kappa shape index (κ3) is 1.60. The first-order chi connectivity index (χ1) is 8.68. The summed E-state index contributed by atoms with van der Waals surface area (Å²) in [6.07, 6.45) is 4.29. The summed E-state index contributed by atoms with van der Waals surface area (Å²) in [5, 5.41) is 0. The third-order valence-corrected chi connectivity index (χ3v) is 3.84. The van der Waals surface area contributed by atoms with Gasteiger partial charge in [0.05, 0.1) is 0 Å². The van der Waals surface area contributed by atoms with E-state index in [0.717, 1.165) is 11.3 Å². The zero-order chi connectivity index (χ0) is 12.7. The topological polar surface area (TPSA) is 26.3 Å². The number of hydrogen-bond donors (Lipinski definition) is 0. The van der Waals surface area contributed by atoms with Crippen LogP contribution in [0.15, 0.2) is 53.8 Å². The summed E-state index contributed by atoms with van der Waals surface area (Å²) >= 11 is 0. The van der Waals surface area contributed by atoms with Crippen LogP contribution in [0.4, 0.5) is 0 Å². The highest BCUT2D eigenvalue weighted by Crippen LogP contribution is 2.46. The van der Waals surface area contributed by atoms with Crippen molar-refractivity contribution in [2.45, 2.75) is 25.9 Å². The van der Waals surface area contributed by atoms with Gasteiger partial charge >= 0.3 is 0 Å². The van der Waals surface area contributed by atoms with Crippen LogP contribution >= 0.6 is 0 Å². The van der Waals surface area contributed by atoms with Gasteiger partial charge in [-0.25, -0.2) is 0 Å². The predicted molar refractivity (Wildman–Crippen MR) is 70.1 cm³/mol. The minimum Gasteiger partial charge on any atom is -0.490 e. The second kappa shape index (κ2) is 4.13. The first-order valence-electron chi connectivity index (χ1n) is 6.30. The number of ketones is 1. The van der Waals surface area contributed by atoms with E-state index in [0.29, 0.717) is 0 Å². The summed E-state index contributed by atoms with van der Waals surface area (Å²) in [5.41, 5.74) is 2.11. The minimum atomic E-state index is 0.0362. The molecule has 2 unspecified atom stereocenters. The van der Waals surface area contributed by atoms with E-state index in [4.69, 9.17) is 4.74 Å². The number of fused-ring (bicyclic) bond motifs is 1. The van der Waals surface area contributed by atoms with Gasteiger partial charge in [-0.05, 0) is 25.5 Å². The monoisotopic (exact) mass is 240 g/mol. The Bertz CT molecular complexity index is 539. The number of rotatable bonds is 2. The Hall–Kier alpha value is -1.83. The van der Waals surface area contributed by atoms with Crippen molar-refractivity contribution in [1.29, 1.82) is 0 Å². The molecule has 0 saturated heterocycles. The van der Waals surface area contributed by atoms with Crippen LogP contribution in [0, 0.1) is 5.92 Å². The van der Waals surface area contributed by atoms with Crippen LogP contribution in [0.2, 0.25) is 0 Å². The molecular weight excluding hydrogens is 224 g/mol. The van der Waals surface area contributed by atoms with E-state index in [1.165, 1.54) is 5.56 Å². The Balaban J connectivity index is 2.00. The fraction of sp³-hybridized carbons (Fsp3) is 0.312. The van der Waals surface area contributed by atoms with Crippen molar-refractivity contribution >= 4 is 5.78 Å². The van der Waals surface area contributed by atoms with E-state index in [2.05, 4.69) is 24.3 Å². The van der Waals surface area contributed by atoms with Gasteiger partial charge in [0.25, 0.3) is 0 Å². The van der Waals surface area contributed by atoms with Crippen molar-refractivity contribution in [3.63, 3.8) is 0 Å². The Labute approximate surface area is 107 Å². The number of carbonyl (C=O) groups excluding carboxylic acids is 1. The molecule has 1 aromatic rings. The average molecular weight is 240 g/mol. The lowest BCUT2D eigenvalue weighted by Crippen LogP contribution is -2.20. The normalized spacial score (nSPS) is 29.3. The molecule has 0 saturated carbocycles. The van der Waals surface area contributed by atoms with Crippen molar-refractivity contribution in [1.82, 2.24) is 0 Å². The molecule has 1 heterocycles. The predicted octanol–water partition coefficient (Wildman–Crippen LogP) is 3.22. The lowest BCUT2D eigenvalue weighted by Gasteiger charge is -2.19. The number of Topliss-reactive ketones (excluding diaryl/α,β-unsaturated/α-hetero) is 1. The average Bonchev–Trinajstić information content (AvgIpc) is 2.87. The molecule has 92 valence electrons. The molecule has 2 heteroatoms. The van der Waals surface area contributed by atoms with Gasteiger partial charge in [-0.2, -0.15) is 0 Å². The van der Waals surface area contributed by atoms with Gasteiger partial charge in [-0.1, -0.05) is 36.4 Å². The lowest BCUT2D eigenvalue weighted by atomic mass is 9.82. The highest BCUT2D eigenvalue weighted by atomic mass is 16.5. The maximum atomic E-state index is 11.8. The van der Waals surface area contributed by atoms with Crippen molar-refractivity contribution in [2.75, 3.05) is 0 Å². The lowest BCUT2D eigenvalue weighted by molar-refractivity contribution is -0.114. The van der Waals surface area contributed by atoms with Crippen molar-refractivity contribution in [3.05, 3.63) is 59.4 Å². The number of allylic oxidation sites excluding steroid dienone is 2. The van der Waals surface area contributed by atoms with Crippen LogP contribution in [-0.4, -0.2) is 11.9 Å². The minimum absolute atomic E-state index is 0.0362. The molecule has 0 N–H and O–H groups in total. The van der Waals surface area contributed by atoms with E-state index < -0.39 is 0 Å². The Kier molecular flexibility index (Phi) is 2.58. The van der Waals surface area contributed by atoms with Crippen LogP contribution in [-0.2, 0) is 9.53 Å². The number of hydrogen-bond acceptors (Lipinski definition) is 2. The summed E-state index contributed by atoms with van der Waals surface area (Å²) < 4.78 is 5.78. The SMILES string of the molecule is CC(=O)C1=C(C)OC2C=C[C@@H](c3ccccc3)C12. The fourth-order valence-electron chi connectivity index (χ4n) is 3.11. The quantitative estimate of drug-likeness (QED) is 0.742. The zero-order valence-electron chi connectivity index (χ0n) is 10.6. The van der Waals surface area contributed by atoms with Crippen LogP contribution in [0.1, 0.15) is 25.3 Å². The van der Waals surface area contributed by atoms with Gasteiger partial charge < -0.3 is 4.74 Å². The molecule has 1 aliphatic heterocycles. The van der Waals surface area contributed by atoms with Gasteiger partial charge in [0, 0.05) is 17.4 Å². The van der Waals surface area contributed by atoms with Crippen LogP contribution in [0.5, 0.6) is 0 Å². The molecule has 2 aliphatic rings. The van der Waals surface area contributed by atoms with Crippen LogP contribution < -0.4 is 0 Å². The fourth-order valence-corrected chi connectivity index (χ4v) is 3.11. The Morgan fingerprint density at radius 2 is 1.89 bits per heavy atom. The van der Waals surface area contributed by atoms with E-state index in [-0.39, 0.29) is 23.7 Å². The molecule has 0 spiro atoms. The zero-order valence-corrected chi connectivity index (χ0v) is 10.6. The van der Waals surface area contributed by atoms with E-state index in [1.54, 1.807) is 6.92 Å². The molecule has 3 atom stereocenters. The highest BCUT2D eigenvalue weighted by molar-refractivity contribution is 5.95. The maximum absolute atomic E-state index is 11.8. The van der Waals surface area contributed by atoms with Crippen molar-refractivity contribution in [2.24, 2.45) is 5.92 Å². The molecule has 18 heavy (non-hydrogen) atoms. The van der Waals surface area contributed by atoms with Gasteiger partial charge in [-0.15, -0.1) is 0 Å². The molecule has 3 rings (SSSR count). The molecular formula is C16H16O2. The van der Waals surface area contributed by atoms with E-state index in [9.17, 15) is 4.79 Å². The molecule has 1 aliphatic carbocycles. The van der Waals surface area contributed by atoms with Crippen molar-refractivity contribution < 1.29 is 9.53 Å². The maximum Gasteiger partial charge on any atom is 0.159 e. The molecule has 0 radical (unpaired) electrons. The summed E-state index contributed by atoms with van der Waals surface area (Å²) in [6.45, 7) is 3.52. The molecule has 2 nitrogen and oxygen atoms in total. The molecule has 0 aromatic heterocycles. The first kappa shape index (κ1) is 11.3. The van der Waals surface area contributed by atoms with E-state index in [1.807, 2.05) is 25.1 Å². The largest absolute Gasteiger partial charge is 0.490 e. The van der Waals surface area contributed by atoms with Gasteiger partial charge in [0.1, 0.15) is 11.9 Å². The molecule has 0 bridgehead atoms. The third-order valence-electron chi connectivity index (χ3n) is 3.84. The molecule has 0 amide bonds. The molecule has 1 aromatic carbocycles. The highest BCUT2D eigenvalue weighted by Gasteiger charge is 2.43. The second-order valence-electron chi connectivity index (χ2n) is 4.96. The number of benzene rings is 1. The summed E-state index contributed by atoms with van der Waals surface area (Å²) in [5.74, 6) is 1.34. The summed E-state index contributed by atoms with van der Waals surface area (Å²) in [4.78, 5) is 11.8. The van der Waals surface area contributed by atoms with E-state index >= 15 is 0 Å². The van der Waals surface area contributed by atoms with Crippen LogP contribution in [0.3, 0.4) is 0 Å². The number of carbonyl (C=O) groups is 1. The number of ether oxygens (including phenoxy) is 1. The van der Waals surface area contributed by atoms with Gasteiger partial charge in [0.2, 0.25) is 0 Å². The smallest absolute Gasteiger partial charge is 0.159 e. The first-order valence-corrected chi connectivity index (χ1v) is 6.30. The van der Waals surface area contributed by atoms with Gasteiger partial charge in [-0.3, -0.25) is 4.79 Å². The standard InChI is InChI=1S/C16H16O2/c1-10(17)15-11(2)18-14-9-8-13(16(14)15)12-6-4-3-5-7-12/h3-9,13-14,16H,1-2H3/t13-,14?,16?/m0/s1.